The summed E-state index contributed by atoms with van der Waals surface area (Å²) in [6.45, 7) is 6.64. The van der Waals surface area contributed by atoms with Crippen LogP contribution in [0.1, 0.15) is 37.4 Å². The van der Waals surface area contributed by atoms with Gasteiger partial charge in [-0.25, -0.2) is 4.98 Å². The molecule has 0 saturated heterocycles. The van der Waals surface area contributed by atoms with Gasteiger partial charge in [-0.2, -0.15) is 0 Å². The summed E-state index contributed by atoms with van der Waals surface area (Å²) in [7, 11) is 0. The van der Waals surface area contributed by atoms with E-state index in [2.05, 4.69) is 10.3 Å². The molecule has 0 atom stereocenters. The molecule has 1 amide bonds. The number of carbonyl (C=O) groups is 1. The zero-order valence-electron chi connectivity index (χ0n) is 11.3. The van der Waals surface area contributed by atoms with Crippen molar-refractivity contribution in [2.75, 3.05) is 13.2 Å². The minimum atomic E-state index is -0.187. The first-order valence-electron chi connectivity index (χ1n) is 6.34. The Labute approximate surface area is 112 Å². The first-order chi connectivity index (χ1) is 8.55. The van der Waals surface area contributed by atoms with Gasteiger partial charge >= 0.3 is 0 Å². The summed E-state index contributed by atoms with van der Waals surface area (Å²) >= 11 is 1.55. The van der Waals surface area contributed by atoms with Crippen LogP contribution in [0.15, 0.2) is 5.38 Å². The molecule has 0 fully saturated rings. The molecule has 4 nitrogen and oxygen atoms in total. The maximum atomic E-state index is 11.8. The Balaban J connectivity index is 2.45. The van der Waals surface area contributed by atoms with Gasteiger partial charge < -0.3 is 10.4 Å². The SMILES string of the molecule is CCC(CC)(CO)CNC(=O)Cc1csc(C)n1. The molecule has 0 bridgehead atoms. The normalized spacial score (nSPS) is 11.6. The average molecular weight is 270 g/mol. The summed E-state index contributed by atoms with van der Waals surface area (Å²) in [4.78, 5) is 16.1. The van der Waals surface area contributed by atoms with Crippen LogP contribution in [0.3, 0.4) is 0 Å². The highest BCUT2D eigenvalue weighted by Crippen LogP contribution is 2.24. The number of nitrogens with zero attached hydrogens (tertiary/aromatic N) is 1. The monoisotopic (exact) mass is 270 g/mol. The van der Waals surface area contributed by atoms with Gasteiger partial charge in [0.15, 0.2) is 0 Å². The summed E-state index contributed by atoms with van der Waals surface area (Å²) in [5.74, 6) is -0.0278. The van der Waals surface area contributed by atoms with E-state index in [1.54, 1.807) is 11.3 Å². The average Bonchev–Trinajstić information content (AvgIpc) is 2.77. The summed E-state index contributed by atoms with van der Waals surface area (Å²) in [6, 6.07) is 0. The maximum absolute atomic E-state index is 11.8. The number of amides is 1. The van der Waals surface area contributed by atoms with Crippen LogP contribution < -0.4 is 5.32 Å². The number of nitrogens with one attached hydrogen (secondary N) is 1. The molecule has 5 heteroatoms. The molecule has 18 heavy (non-hydrogen) atoms. The predicted octanol–water partition coefficient (Wildman–Crippen LogP) is 1.91. The summed E-state index contributed by atoms with van der Waals surface area (Å²) in [6.07, 6.45) is 2.03. The van der Waals surface area contributed by atoms with Gasteiger partial charge in [0.05, 0.1) is 23.7 Å². The Hall–Kier alpha value is -0.940. The van der Waals surface area contributed by atoms with Gasteiger partial charge in [-0.1, -0.05) is 13.8 Å². The number of aliphatic hydroxyl groups excluding tert-OH is 1. The van der Waals surface area contributed by atoms with Crippen molar-refractivity contribution in [2.45, 2.75) is 40.0 Å². The van der Waals surface area contributed by atoms with Crippen molar-refractivity contribution in [1.82, 2.24) is 10.3 Å². The van der Waals surface area contributed by atoms with Crippen molar-refractivity contribution >= 4 is 17.2 Å². The van der Waals surface area contributed by atoms with Crippen LogP contribution in [-0.2, 0) is 11.2 Å². The van der Waals surface area contributed by atoms with Crippen molar-refractivity contribution in [3.63, 3.8) is 0 Å². The fraction of sp³-hybridized carbons (Fsp3) is 0.692. The Morgan fingerprint density at radius 2 is 2.17 bits per heavy atom. The van der Waals surface area contributed by atoms with Gasteiger partial charge in [-0.05, 0) is 19.8 Å². The number of rotatable bonds is 7. The fourth-order valence-electron chi connectivity index (χ4n) is 1.78. The zero-order chi connectivity index (χ0) is 13.6. The molecule has 0 aliphatic carbocycles. The van der Waals surface area contributed by atoms with Gasteiger partial charge in [0, 0.05) is 17.3 Å². The second-order valence-electron chi connectivity index (χ2n) is 4.68. The lowest BCUT2D eigenvalue weighted by molar-refractivity contribution is -0.121. The lowest BCUT2D eigenvalue weighted by Crippen LogP contribution is -2.40. The highest BCUT2D eigenvalue weighted by molar-refractivity contribution is 7.09. The fourth-order valence-corrected chi connectivity index (χ4v) is 2.39. The number of thiazole rings is 1. The van der Waals surface area contributed by atoms with Crippen molar-refractivity contribution < 1.29 is 9.90 Å². The molecule has 0 saturated carbocycles. The van der Waals surface area contributed by atoms with Gasteiger partial charge in [0.1, 0.15) is 0 Å². The van der Waals surface area contributed by atoms with Crippen LogP contribution >= 0.6 is 11.3 Å². The second-order valence-corrected chi connectivity index (χ2v) is 5.74. The lowest BCUT2D eigenvalue weighted by Gasteiger charge is -2.29. The number of carbonyl (C=O) groups excluding carboxylic acids is 1. The van der Waals surface area contributed by atoms with Gasteiger partial charge in [-0.3, -0.25) is 4.79 Å². The summed E-state index contributed by atoms with van der Waals surface area (Å²) in [5.41, 5.74) is 0.630. The second kappa shape index (κ2) is 6.85. The molecule has 1 aromatic heterocycles. The third kappa shape index (κ3) is 4.07. The van der Waals surface area contributed by atoms with Crippen LogP contribution in [0.4, 0.5) is 0 Å². The molecule has 0 aliphatic heterocycles. The molecular weight excluding hydrogens is 248 g/mol. The number of aliphatic hydroxyl groups is 1. The summed E-state index contributed by atoms with van der Waals surface area (Å²) < 4.78 is 0. The smallest absolute Gasteiger partial charge is 0.226 e. The Morgan fingerprint density at radius 3 is 2.61 bits per heavy atom. The predicted molar refractivity (Wildman–Crippen MR) is 73.7 cm³/mol. The standard InChI is InChI=1S/C13H22N2O2S/c1-4-13(5-2,9-16)8-14-12(17)6-11-7-18-10(3)15-11/h7,16H,4-6,8-9H2,1-3H3,(H,14,17). The number of hydrogen-bond acceptors (Lipinski definition) is 4. The van der Waals surface area contributed by atoms with E-state index in [0.29, 0.717) is 13.0 Å². The Kier molecular flexibility index (Phi) is 5.75. The molecule has 0 aromatic carbocycles. The molecule has 1 aromatic rings. The van der Waals surface area contributed by atoms with Gasteiger partial charge in [0.2, 0.25) is 5.91 Å². The van der Waals surface area contributed by atoms with Crippen LogP contribution in [0, 0.1) is 12.3 Å². The van der Waals surface area contributed by atoms with Crippen LogP contribution in [0.5, 0.6) is 0 Å². The zero-order valence-corrected chi connectivity index (χ0v) is 12.1. The van der Waals surface area contributed by atoms with Crippen molar-refractivity contribution in [1.29, 1.82) is 0 Å². The number of aryl methyl sites for hydroxylation is 1. The van der Waals surface area contributed by atoms with E-state index < -0.39 is 0 Å². The molecule has 2 N–H and O–H groups in total. The highest BCUT2D eigenvalue weighted by atomic mass is 32.1. The van der Waals surface area contributed by atoms with Gasteiger partial charge in [-0.15, -0.1) is 11.3 Å². The van der Waals surface area contributed by atoms with E-state index in [-0.39, 0.29) is 17.9 Å². The molecule has 1 rings (SSSR count). The number of aromatic nitrogens is 1. The first kappa shape index (κ1) is 15.1. The highest BCUT2D eigenvalue weighted by Gasteiger charge is 2.25. The van der Waals surface area contributed by atoms with Crippen molar-refractivity contribution in [3.05, 3.63) is 16.1 Å². The first-order valence-corrected chi connectivity index (χ1v) is 7.21. The maximum Gasteiger partial charge on any atom is 0.226 e. The van der Waals surface area contributed by atoms with E-state index in [0.717, 1.165) is 23.5 Å². The lowest BCUT2D eigenvalue weighted by atomic mass is 9.83. The molecule has 0 unspecified atom stereocenters. The van der Waals surface area contributed by atoms with Crippen LogP contribution in [0.25, 0.3) is 0 Å². The number of hydrogen-bond donors (Lipinski definition) is 2. The molecule has 1 heterocycles. The third-order valence-electron chi connectivity index (χ3n) is 3.50. The minimum Gasteiger partial charge on any atom is -0.396 e. The van der Waals surface area contributed by atoms with Crippen LogP contribution in [0.2, 0.25) is 0 Å². The quantitative estimate of drug-likeness (QED) is 0.795. The van der Waals surface area contributed by atoms with Crippen molar-refractivity contribution in [3.8, 4) is 0 Å². The third-order valence-corrected chi connectivity index (χ3v) is 4.33. The van der Waals surface area contributed by atoms with Crippen molar-refractivity contribution in [2.24, 2.45) is 5.41 Å². The molecule has 102 valence electrons. The Bertz CT molecular complexity index is 378. The molecule has 0 radical (unpaired) electrons. The van der Waals surface area contributed by atoms with E-state index in [1.807, 2.05) is 26.2 Å². The molecule has 0 aliphatic rings. The van der Waals surface area contributed by atoms with E-state index >= 15 is 0 Å². The van der Waals surface area contributed by atoms with Crippen LogP contribution in [-0.4, -0.2) is 29.1 Å². The Morgan fingerprint density at radius 1 is 1.50 bits per heavy atom. The summed E-state index contributed by atoms with van der Waals surface area (Å²) in [5, 5.41) is 15.2. The van der Waals surface area contributed by atoms with E-state index in [1.165, 1.54) is 0 Å². The topological polar surface area (TPSA) is 62.2 Å². The van der Waals surface area contributed by atoms with E-state index in [4.69, 9.17) is 0 Å². The van der Waals surface area contributed by atoms with Gasteiger partial charge in [0.25, 0.3) is 0 Å². The molecule has 0 spiro atoms. The largest absolute Gasteiger partial charge is 0.396 e. The molecular formula is C13H22N2O2S. The minimum absolute atomic E-state index is 0.0278. The van der Waals surface area contributed by atoms with E-state index in [9.17, 15) is 9.90 Å².